The third-order valence-corrected chi connectivity index (χ3v) is 4.42. The summed E-state index contributed by atoms with van der Waals surface area (Å²) in [6.45, 7) is 1.10. The second-order valence-electron chi connectivity index (χ2n) is 2.96. The summed E-state index contributed by atoms with van der Waals surface area (Å²) in [5, 5.41) is 0. The fraction of sp³-hybridized carbons (Fsp3) is 0.222. The van der Waals surface area contributed by atoms with E-state index in [0.29, 0.717) is 0 Å². The zero-order valence-electron chi connectivity index (χ0n) is 8.41. The number of carbonyl (C=O) groups excluding carboxylic acids is 1. The molecule has 0 fully saturated rings. The van der Waals surface area contributed by atoms with Crippen molar-refractivity contribution in [1.29, 1.82) is 0 Å². The standard InChI is InChI=1S/C7H2F5.C2H4O2.Sn/c1-2-3(8)5(10)7(12)6(11)4(2)9;1-2(3)4;/h1H2;1H3,(H,3,4);/q;;+1/p-1. The van der Waals surface area contributed by atoms with Crippen molar-refractivity contribution in [2.75, 3.05) is 0 Å². The van der Waals surface area contributed by atoms with Crippen LogP contribution >= 0.6 is 0 Å². The molecule has 0 spiro atoms. The predicted octanol–water partition coefficient (Wildman–Crippen LogP) is 2.06. The second-order valence-corrected chi connectivity index (χ2v) is 5.38. The van der Waals surface area contributed by atoms with E-state index in [0.717, 1.165) is 6.92 Å². The summed E-state index contributed by atoms with van der Waals surface area (Å²) in [4.78, 5) is 10.4. The van der Waals surface area contributed by atoms with Crippen LogP contribution in [0.4, 0.5) is 22.0 Å². The number of hydrogen-bond acceptors (Lipinski definition) is 2. The van der Waals surface area contributed by atoms with Gasteiger partial charge in [-0.25, -0.2) is 0 Å². The van der Waals surface area contributed by atoms with Crippen LogP contribution in [-0.4, -0.2) is 27.5 Å². The molecule has 0 heterocycles. The fourth-order valence-corrected chi connectivity index (χ4v) is 3.10. The first-order chi connectivity index (χ1) is 7.86. The first-order valence-corrected chi connectivity index (χ1v) is 7.45. The number of hydrogen-bond donors (Lipinski definition) is 0. The molecule has 92 valence electrons. The van der Waals surface area contributed by atoms with E-state index >= 15 is 0 Å². The normalized spacial score (nSPS) is 10.5. The molecule has 0 saturated heterocycles. The molecule has 1 aromatic rings. The summed E-state index contributed by atoms with van der Waals surface area (Å²) in [6.07, 6.45) is 0. The fourth-order valence-electron chi connectivity index (χ4n) is 1.02. The Morgan fingerprint density at radius 2 is 1.41 bits per heavy atom. The number of benzene rings is 1. The van der Waals surface area contributed by atoms with E-state index in [1.54, 1.807) is 0 Å². The zero-order valence-corrected chi connectivity index (χ0v) is 11.3. The molecule has 0 N–H and O–H groups in total. The van der Waals surface area contributed by atoms with Gasteiger partial charge in [0.15, 0.2) is 0 Å². The Balaban J connectivity index is 3.03. The van der Waals surface area contributed by atoms with Crippen LogP contribution in [0.1, 0.15) is 12.5 Å². The van der Waals surface area contributed by atoms with Gasteiger partial charge in [-0.3, -0.25) is 0 Å². The van der Waals surface area contributed by atoms with Crippen LogP contribution in [0.2, 0.25) is 0 Å². The van der Waals surface area contributed by atoms with Crippen LogP contribution in [-0.2, 0) is 12.3 Å². The minimum absolute atomic E-state index is 0.422. The molecule has 0 aromatic heterocycles. The average molecular weight is 359 g/mol. The summed E-state index contributed by atoms with van der Waals surface area (Å²) >= 11 is -1.99. The van der Waals surface area contributed by atoms with Gasteiger partial charge < -0.3 is 0 Å². The van der Waals surface area contributed by atoms with Crippen LogP contribution in [0.15, 0.2) is 0 Å². The summed E-state index contributed by atoms with van der Waals surface area (Å²) in [6, 6.07) is 0. The molecule has 0 amide bonds. The molecule has 1 aromatic carbocycles. The van der Waals surface area contributed by atoms with Crippen molar-refractivity contribution in [2.45, 2.75) is 11.4 Å². The SMILES string of the molecule is CC(=O)[O][Sn][CH2]c1c(F)c(F)c(F)c(F)c1F. The molecule has 8 heteroatoms. The Morgan fingerprint density at radius 1 is 1.00 bits per heavy atom. The first kappa shape index (κ1) is 14.2. The molecule has 0 aliphatic carbocycles. The van der Waals surface area contributed by atoms with Crippen molar-refractivity contribution < 1.29 is 29.8 Å². The van der Waals surface area contributed by atoms with Crippen molar-refractivity contribution in [1.82, 2.24) is 0 Å². The van der Waals surface area contributed by atoms with Gasteiger partial charge in [0.25, 0.3) is 0 Å². The molecule has 0 unspecified atom stereocenters. The molecule has 1 rings (SSSR count). The van der Waals surface area contributed by atoms with E-state index in [9.17, 15) is 26.7 Å². The Morgan fingerprint density at radius 3 is 1.82 bits per heavy atom. The van der Waals surface area contributed by atoms with Gasteiger partial charge in [0.1, 0.15) is 0 Å². The van der Waals surface area contributed by atoms with E-state index in [1.165, 1.54) is 0 Å². The van der Waals surface area contributed by atoms with Crippen LogP contribution in [0.25, 0.3) is 0 Å². The van der Waals surface area contributed by atoms with Crippen LogP contribution in [0, 0.1) is 29.1 Å². The van der Waals surface area contributed by atoms with E-state index in [4.69, 9.17) is 0 Å². The molecule has 0 atom stereocenters. The Bertz CT molecular complexity index is 434. The van der Waals surface area contributed by atoms with Crippen molar-refractivity contribution in [3.63, 3.8) is 0 Å². The molecule has 0 aliphatic rings. The van der Waals surface area contributed by atoms with Gasteiger partial charge in [0.05, 0.1) is 0 Å². The quantitative estimate of drug-likeness (QED) is 0.358. The van der Waals surface area contributed by atoms with Crippen LogP contribution in [0.3, 0.4) is 0 Å². The molecule has 0 bridgehead atoms. The Labute approximate surface area is 104 Å². The summed E-state index contributed by atoms with van der Waals surface area (Å²) in [7, 11) is 0. The van der Waals surface area contributed by atoms with Gasteiger partial charge in [-0.1, -0.05) is 0 Å². The Hall–Kier alpha value is -0.861. The van der Waals surface area contributed by atoms with Gasteiger partial charge in [0, 0.05) is 0 Å². The third-order valence-electron chi connectivity index (χ3n) is 1.77. The summed E-state index contributed by atoms with van der Waals surface area (Å²) in [5.41, 5.74) is -0.922. The number of rotatable bonds is 3. The molecule has 0 saturated carbocycles. The van der Waals surface area contributed by atoms with Crippen LogP contribution < -0.4 is 0 Å². The van der Waals surface area contributed by atoms with Gasteiger partial charge in [0.2, 0.25) is 0 Å². The average Bonchev–Trinajstić information content (AvgIpc) is 2.28. The van der Waals surface area contributed by atoms with Crippen molar-refractivity contribution in [3.8, 4) is 0 Å². The van der Waals surface area contributed by atoms with E-state index in [2.05, 4.69) is 3.07 Å². The van der Waals surface area contributed by atoms with E-state index < -0.39 is 66.6 Å². The van der Waals surface area contributed by atoms with Gasteiger partial charge in [-0.05, 0) is 0 Å². The molecule has 17 heavy (non-hydrogen) atoms. The third kappa shape index (κ3) is 3.08. The molecule has 0 aliphatic heterocycles. The van der Waals surface area contributed by atoms with Gasteiger partial charge in [-0.15, -0.1) is 0 Å². The zero-order chi connectivity index (χ0) is 13.2. The van der Waals surface area contributed by atoms with E-state index in [-0.39, 0.29) is 0 Å². The van der Waals surface area contributed by atoms with Crippen molar-refractivity contribution >= 4 is 27.5 Å². The summed E-state index contributed by atoms with van der Waals surface area (Å²) in [5.74, 6) is -10.5. The minimum atomic E-state index is -2.19. The monoisotopic (exact) mass is 360 g/mol. The molecule has 2 nitrogen and oxygen atoms in total. The molecular formula is C9H5F5O2Sn. The Kier molecular flexibility index (Phi) is 4.72. The second kappa shape index (κ2) is 5.65. The van der Waals surface area contributed by atoms with Crippen molar-refractivity contribution in [3.05, 3.63) is 34.6 Å². The molecular weight excluding hydrogens is 354 g/mol. The maximum absolute atomic E-state index is 13.1. The van der Waals surface area contributed by atoms with Gasteiger partial charge >= 0.3 is 103 Å². The van der Waals surface area contributed by atoms with Crippen LogP contribution in [0.5, 0.6) is 0 Å². The number of carbonyl (C=O) groups is 1. The van der Waals surface area contributed by atoms with Gasteiger partial charge in [-0.2, -0.15) is 0 Å². The number of halogens is 5. The van der Waals surface area contributed by atoms with Crippen molar-refractivity contribution in [2.24, 2.45) is 0 Å². The predicted molar refractivity (Wildman–Crippen MR) is 47.5 cm³/mol. The summed E-state index contributed by atoms with van der Waals surface area (Å²) < 4.78 is 68.4. The topological polar surface area (TPSA) is 26.3 Å². The maximum atomic E-state index is 13.1. The molecule has 2 radical (unpaired) electrons. The first-order valence-electron chi connectivity index (χ1n) is 4.26. The van der Waals surface area contributed by atoms with E-state index in [1.807, 2.05) is 0 Å².